The van der Waals surface area contributed by atoms with Gasteiger partial charge in [-0.3, -0.25) is 4.79 Å². The Morgan fingerprint density at radius 3 is 2.68 bits per heavy atom. The third kappa shape index (κ3) is 6.32. The highest BCUT2D eigenvalue weighted by Gasteiger charge is 2.23. The lowest BCUT2D eigenvalue weighted by atomic mass is 10.2. The van der Waals surface area contributed by atoms with E-state index >= 15 is 0 Å². The third-order valence-electron chi connectivity index (χ3n) is 4.05. The fourth-order valence-corrected chi connectivity index (χ4v) is 2.93. The van der Waals surface area contributed by atoms with E-state index in [1.54, 1.807) is 42.5 Å². The maximum Gasteiger partial charge on any atom is 0.319 e. The monoisotopic (exact) mass is 421 g/mol. The molecule has 0 bridgehead atoms. The molecule has 0 unspecified atom stereocenters. The molecule has 3 rings (SSSR count). The van der Waals surface area contributed by atoms with Crippen molar-refractivity contribution in [3.63, 3.8) is 0 Å². The Bertz CT molecular complexity index is 856. The molecule has 0 radical (unpaired) electrons. The van der Waals surface area contributed by atoms with Gasteiger partial charge in [-0.25, -0.2) is 4.79 Å². The second-order valence-electron chi connectivity index (χ2n) is 6.49. The topological polar surface area (TPSA) is 79.5 Å². The summed E-state index contributed by atoms with van der Waals surface area (Å²) < 4.78 is 5.58. The zero-order valence-electron chi connectivity index (χ0n) is 15.1. The van der Waals surface area contributed by atoms with Crippen LogP contribution in [-0.4, -0.2) is 31.1 Å². The van der Waals surface area contributed by atoms with Gasteiger partial charge in [0, 0.05) is 28.9 Å². The normalized spacial score (nSPS) is 12.9. The third-order valence-corrected chi connectivity index (χ3v) is 4.58. The number of ether oxygens (including phenoxy) is 1. The van der Waals surface area contributed by atoms with Crippen molar-refractivity contribution in [3.8, 4) is 5.75 Å². The van der Waals surface area contributed by atoms with Gasteiger partial charge < -0.3 is 20.7 Å². The van der Waals surface area contributed by atoms with Crippen molar-refractivity contribution in [1.82, 2.24) is 10.6 Å². The largest absolute Gasteiger partial charge is 0.492 e. The van der Waals surface area contributed by atoms with Crippen LogP contribution in [0.3, 0.4) is 0 Å². The average Bonchev–Trinajstić information content (AvgIpc) is 3.47. The highest BCUT2D eigenvalue weighted by Crippen LogP contribution is 2.27. The van der Waals surface area contributed by atoms with Gasteiger partial charge in [-0.1, -0.05) is 29.3 Å². The molecule has 0 aliphatic heterocycles. The molecule has 1 aliphatic rings. The first-order valence-electron chi connectivity index (χ1n) is 9.05. The zero-order valence-corrected chi connectivity index (χ0v) is 16.6. The van der Waals surface area contributed by atoms with E-state index in [4.69, 9.17) is 27.9 Å². The fraction of sp³-hybridized carbons (Fsp3) is 0.300. The van der Waals surface area contributed by atoms with Crippen molar-refractivity contribution in [1.29, 1.82) is 0 Å². The number of halogens is 2. The van der Waals surface area contributed by atoms with Gasteiger partial charge in [0.15, 0.2) is 0 Å². The lowest BCUT2D eigenvalue weighted by Crippen LogP contribution is -2.30. The van der Waals surface area contributed by atoms with Crippen LogP contribution in [0.15, 0.2) is 42.5 Å². The van der Waals surface area contributed by atoms with Gasteiger partial charge >= 0.3 is 6.03 Å². The van der Waals surface area contributed by atoms with E-state index in [-0.39, 0.29) is 18.0 Å². The van der Waals surface area contributed by atoms with Gasteiger partial charge in [-0.15, -0.1) is 0 Å². The van der Waals surface area contributed by atoms with E-state index in [1.807, 2.05) is 0 Å². The number of rotatable bonds is 8. The molecule has 6 nitrogen and oxygen atoms in total. The van der Waals surface area contributed by atoms with Gasteiger partial charge in [0.05, 0.1) is 11.6 Å². The number of anilines is 1. The van der Waals surface area contributed by atoms with E-state index in [2.05, 4.69) is 16.0 Å². The van der Waals surface area contributed by atoms with Crippen LogP contribution >= 0.6 is 23.2 Å². The SMILES string of the molecule is O=C(Nc1cccc(C(=O)NCCCOc2ccc(Cl)cc2Cl)c1)NC1CC1. The molecule has 2 aromatic carbocycles. The van der Waals surface area contributed by atoms with Gasteiger partial charge in [0.2, 0.25) is 0 Å². The van der Waals surface area contributed by atoms with Gasteiger partial charge in [-0.05, 0) is 55.7 Å². The maximum atomic E-state index is 12.3. The van der Waals surface area contributed by atoms with Crippen LogP contribution in [0.5, 0.6) is 5.75 Å². The molecule has 0 atom stereocenters. The van der Waals surface area contributed by atoms with E-state index in [0.29, 0.717) is 46.6 Å². The summed E-state index contributed by atoms with van der Waals surface area (Å²) in [7, 11) is 0. The molecule has 2 aromatic rings. The van der Waals surface area contributed by atoms with E-state index in [0.717, 1.165) is 12.8 Å². The standard InChI is InChI=1S/C20H21Cl2N3O3/c21-14-5-8-18(17(22)12-14)28-10-2-9-23-19(26)13-3-1-4-16(11-13)25-20(27)24-15-6-7-15/h1,3-5,8,11-12,15H,2,6-7,9-10H2,(H,23,26)(H2,24,25,27). The Hall–Kier alpha value is -2.44. The summed E-state index contributed by atoms with van der Waals surface area (Å²) in [4.78, 5) is 24.1. The summed E-state index contributed by atoms with van der Waals surface area (Å²) >= 11 is 11.9. The summed E-state index contributed by atoms with van der Waals surface area (Å²) in [5, 5.41) is 9.41. The number of carbonyl (C=O) groups is 2. The molecule has 28 heavy (non-hydrogen) atoms. The predicted molar refractivity (Wildman–Crippen MR) is 111 cm³/mol. The second kappa shape index (κ2) is 9.66. The minimum Gasteiger partial charge on any atom is -0.492 e. The molecule has 8 heteroatoms. The maximum absolute atomic E-state index is 12.3. The number of urea groups is 1. The summed E-state index contributed by atoms with van der Waals surface area (Å²) in [6.07, 6.45) is 2.65. The summed E-state index contributed by atoms with van der Waals surface area (Å²) in [6, 6.07) is 11.9. The molecule has 148 valence electrons. The molecular weight excluding hydrogens is 401 g/mol. The molecule has 1 aliphatic carbocycles. The van der Waals surface area contributed by atoms with Crippen molar-refractivity contribution in [2.45, 2.75) is 25.3 Å². The number of hydrogen-bond donors (Lipinski definition) is 3. The van der Waals surface area contributed by atoms with E-state index in [1.165, 1.54) is 0 Å². The lowest BCUT2D eigenvalue weighted by Gasteiger charge is -2.10. The Labute approximate surface area is 173 Å². The highest BCUT2D eigenvalue weighted by molar-refractivity contribution is 6.35. The highest BCUT2D eigenvalue weighted by atomic mass is 35.5. The first-order chi connectivity index (χ1) is 13.5. The van der Waals surface area contributed by atoms with E-state index in [9.17, 15) is 9.59 Å². The molecule has 0 spiro atoms. The minimum atomic E-state index is -0.252. The second-order valence-corrected chi connectivity index (χ2v) is 7.33. The van der Waals surface area contributed by atoms with Crippen LogP contribution in [0.4, 0.5) is 10.5 Å². The van der Waals surface area contributed by atoms with E-state index < -0.39 is 0 Å². The van der Waals surface area contributed by atoms with Crippen molar-refractivity contribution in [3.05, 3.63) is 58.1 Å². The number of benzene rings is 2. The minimum absolute atomic E-state index is 0.212. The molecular formula is C20H21Cl2N3O3. The Morgan fingerprint density at radius 2 is 1.93 bits per heavy atom. The average molecular weight is 422 g/mol. The first kappa shape index (κ1) is 20.3. The van der Waals surface area contributed by atoms with Crippen LogP contribution in [0.2, 0.25) is 10.0 Å². The van der Waals surface area contributed by atoms with Gasteiger partial charge in [0.1, 0.15) is 5.75 Å². The number of carbonyl (C=O) groups excluding carboxylic acids is 2. The first-order valence-corrected chi connectivity index (χ1v) is 9.80. The smallest absolute Gasteiger partial charge is 0.319 e. The van der Waals surface area contributed by atoms with Crippen molar-refractivity contribution in [2.24, 2.45) is 0 Å². The molecule has 1 saturated carbocycles. The predicted octanol–water partition coefficient (Wildman–Crippen LogP) is 4.48. The van der Waals surface area contributed by atoms with Crippen LogP contribution < -0.4 is 20.7 Å². The molecule has 0 aromatic heterocycles. The van der Waals surface area contributed by atoms with Crippen molar-refractivity contribution in [2.75, 3.05) is 18.5 Å². The summed E-state index contributed by atoms with van der Waals surface area (Å²) in [6.45, 7) is 0.856. The molecule has 0 saturated heterocycles. The van der Waals surface area contributed by atoms with Crippen molar-refractivity contribution >= 4 is 40.8 Å². The van der Waals surface area contributed by atoms with Gasteiger partial charge in [-0.2, -0.15) is 0 Å². The van der Waals surface area contributed by atoms with Crippen LogP contribution in [0.25, 0.3) is 0 Å². The fourth-order valence-electron chi connectivity index (χ4n) is 2.47. The Morgan fingerprint density at radius 1 is 1.11 bits per heavy atom. The zero-order chi connectivity index (χ0) is 19.9. The summed E-state index contributed by atoms with van der Waals surface area (Å²) in [5.74, 6) is 0.344. The van der Waals surface area contributed by atoms with Gasteiger partial charge in [0.25, 0.3) is 5.91 Å². The van der Waals surface area contributed by atoms with Crippen LogP contribution in [-0.2, 0) is 0 Å². The van der Waals surface area contributed by atoms with Crippen LogP contribution in [0.1, 0.15) is 29.6 Å². The van der Waals surface area contributed by atoms with Crippen molar-refractivity contribution < 1.29 is 14.3 Å². The number of amides is 3. The number of hydrogen-bond acceptors (Lipinski definition) is 3. The Kier molecular flexibility index (Phi) is 7.01. The molecule has 0 heterocycles. The summed E-state index contributed by atoms with van der Waals surface area (Å²) in [5.41, 5.74) is 1.05. The Balaban J connectivity index is 1.40. The van der Waals surface area contributed by atoms with Crippen LogP contribution in [0, 0.1) is 0 Å². The molecule has 3 N–H and O–H groups in total. The lowest BCUT2D eigenvalue weighted by molar-refractivity contribution is 0.0951. The quantitative estimate of drug-likeness (QED) is 0.549. The number of nitrogens with one attached hydrogen (secondary N) is 3. The molecule has 3 amide bonds. The molecule has 1 fully saturated rings.